The quantitative estimate of drug-likeness (QED) is 0.732. The normalized spacial score (nSPS) is 11.5. The van der Waals surface area contributed by atoms with Gasteiger partial charge in [0, 0.05) is 12.7 Å². The van der Waals surface area contributed by atoms with Crippen molar-refractivity contribution < 1.29 is 9.90 Å². The van der Waals surface area contributed by atoms with Crippen LogP contribution in [-0.4, -0.2) is 22.6 Å². The molecule has 17 heavy (non-hydrogen) atoms. The predicted octanol–water partition coefficient (Wildman–Crippen LogP) is 1.87. The van der Waals surface area contributed by atoms with Gasteiger partial charge in [-0.15, -0.1) is 0 Å². The maximum absolute atomic E-state index is 10.6. The average molecular weight is 233 g/mol. The van der Waals surface area contributed by atoms with Crippen molar-refractivity contribution in [3.63, 3.8) is 0 Å². The summed E-state index contributed by atoms with van der Waals surface area (Å²) in [4.78, 5) is 14.6. The number of nitriles is 1. The number of nitrogens with zero attached hydrogens (tertiary/aromatic N) is 2. The average Bonchev–Trinajstić information content (AvgIpc) is 2.34. The second kappa shape index (κ2) is 6.48. The Bertz CT molecular complexity index is 426. The second-order valence-corrected chi connectivity index (χ2v) is 3.82. The molecule has 0 aromatic carbocycles. The molecule has 1 aromatic rings. The van der Waals surface area contributed by atoms with Crippen molar-refractivity contribution in [2.24, 2.45) is 5.92 Å². The summed E-state index contributed by atoms with van der Waals surface area (Å²) in [6.07, 6.45) is 2.95. The van der Waals surface area contributed by atoms with Crippen molar-refractivity contribution >= 4 is 11.8 Å². The van der Waals surface area contributed by atoms with Gasteiger partial charge in [-0.05, 0) is 25.0 Å². The first kappa shape index (κ1) is 13.0. The van der Waals surface area contributed by atoms with Crippen LogP contribution in [0.3, 0.4) is 0 Å². The molecule has 0 spiro atoms. The molecule has 2 N–H and O–H groups in total. The third kappa shape index (κ3) is 4.11. The summed E-state index contributed by atoms with van der Waals surface area (Å²) in [5.74, 6) is -0.561. The number of hydrogen-bond acceptors (Lipinski definition) is 4. The minimum absolute atomic E-state index is 0.337. The van der Waals surface area contributed by atoms with Gasteiger partial charge in [0.2, 0.25) is 0 Å². The van der Waals surface area contributed by atoms with E-state index in [2.05, 4.69) is 10.3 Å². The minimum atomic E-state index is -0.777. The fourth-order valence-corrected chi connectivity index (χ4v) is 1.37. The molecule has 0 bridgehead atoms. The van der Waals surface area contributed by atoms with Crippen molar-refractivity contribution in [2.45, 2.75) is 19.8 Å². The van der Waals surface area contributed by atoms with Crippen LogP contribution in [0.1, 0.15) is 25.3 Å². The summed E-state index contributed by atoms with van der Waals surface area (Å²) >= 11 is 0. The molecule has 0 aliphatic carbocycles. The van der Waals surface area contributed by atoms with Gasteiger partial charge in [0.25, 0.3) is 0 Å². The van der Waals surface area contributed by atoms with Gasteiger partial charge in [0.05, 0.1) is 11.5 Å². The molecule has 0 saturated heterocycles. The van der Waals surface area contributed by atoms with Crippen molar-refractivity contribution in [2.75, 3.05) is 11.9 Å². The van der Waals surface area contributed by atoms with Gasteiger partial charge in [0.1, 0.15) is 11.9 Å². The fraction of sp³-hybridized carbons (Fsp3) is 0.417. The van der Waals surface area contributed by atoms with E-state index in [0.717, 1.165) is 6.42 Å². The summed E-state index contributed by atoms with van der Waals surface area (Å²) in [7, 11) is 0. The molecule has 1 aromatic heterocycles. The van der Waals surface area contributed by atoms with E-state index >= 15 is 0 Å². The van der Waals surface area contributed by atoms with Crippen LogP contribution in [0.5, 0.6) is 0 Å². The molecule has 1 atom stereocenters. The molecule has 0 amide bonds. The molecular formula is C12H15N3O2. The molecule has 5 heteroatoms. The second-order valence-electron chi connectivity index (χ2n) is 3.82. The van der Waals surface area contributed by atoms with Gasteiger partial charge >= 0.3 is 5.97 Å². The summed E-state index contributed by atoms with van der Waals surface area (Å²) in [6, 6.07) is 5.44. The first-order valence-electron chi connectivity index (χ1n) is 5.47. The van der Waals surface area contributed by atoms with E-state index in [-0.39, 0.29) is 5.92 Å². The number of rotatable bonds is 6. The van der Waals surface area contributed by atoms with Gasteiger partial charge in [0.15, 0.2) is 0 Å². The van der Waals surface area contributed by atoms with Crippen molar-refractivity contribution in [3.8, 4) is 6.07 Å². The first-order valence-corrected chi connectivity index (χ1v) is 5.47. The highest BCUT2D eigenvalue weighted by atomic mass is 16.4. The van der Waals surface area contributed by atoms with Gasteiger partial charge in [-0.25, -0.2) is 4.98 Å². The number of hydrogen-bond donors (Lipinski definition) is 2. The highest BCUT2D eigenvalue weighted by molar-refractivity contribution is 5.69. The SMILES string of the molecule is CC(CCCNc1ncccc1C#N)C(=O)O. The Labute approximate surface area is 100 Å². The zero-order chi connectivity index (χ0) is 12.7. The zero-order valence-electron chi connectivity index (χ0n) is 9.68. The van der Waals surface area contributed by atoms with Gasteiger partial charge in [-0.2, -0.15) is 5.26 Å². The lowest BCUT2D eigenvalue weighted by molar-refractivity contribution is -0.141. The van der Waals surface area contributed by atoms with Crippen LogP contribution < -0.4 is 5.32 Å². The summed E-state index contributed by atoms with van der Waals surface area (Å²) in [5, 5.41) is 20.6. The van der Waals surface area contributed by atoms with Crippen LogP contribution in [0.15, 0.2) is 18.3 Å². The number of aliphatic carboxylic acids is 1. The maximum Gasteiger partial charge on any atom is 0.306 e. The molecule has 1 heterocycles. The van der Waals surface area contributed by atoms with Gasteiger partial charge in [-0.1, -0.05) is 6.92 Å². The standard InChI is InChI=1S/C12H15N3O2/c1-9(12(16)17)4-2-6-14-11-10(8-13)5-3-7-15-11/h3,5,7,9H,2,4,6H2,1H3,(H,14,15)(H,16,17). The number of carboxylic acids is 1. The van der Waals surface area contributed by atoms with Crippen LogP contribution in [0, 0.1) is 17.2 Å². The number of nitrogens with one attached hydrogen (secondary N) is 1. The van der Waals surface area contributed by atoms with E-state index in [1.807, 2.05) is 6.07 Å². The molecule has 5 nitrogen and oxygen atoms in total. The highest BCUT2D eigenvalue weighted by Crippen LogP contribution is 2.11. The van der Waals surface area contributed by atoms with Gasteiger partial charge < -0.3 is 10.4 Å². The number of aromatic nitrogens is 1. The molecule has 90 valence electrons. The molecule has 0 aliphatic heterocycles. The van der Waals surface area contributed by atoms with Crippen LogP contribution in [0.4, 0.5) is 5.82 Å². The maximum atomic E-state index is 10.6. The van der Waals surface area contributed by atoms with Crippen LogP contribution in [0.25, 0.3) is 0 Å². The number of carboxylic acid groups (broad SMARTS) is 1. The lowest BCUT2D eigenvalue weighted by Crippen LogP contribution is -2.12. The van der Waals surface area contributed by atoms with Crippen LogP contribution >= 0.6 is 0 Å². The Balaban J connectivity index is 2.37. The van der Waals surface area contributed by atoms with E-state index in [0.29, 0.717) is 24.3 Å². The Morgan fingerprint density at radius 3 is 3.12 bits per heavy atom. The summed E-state index contributed by atoms with van der Waals surface area (Å²) in [6.45, 7) is 2.30. The molecule has 0 fully saturated rings. The summed E-state index contributed by atoms with van der Waals surface area (Å²) in [5.41, 5.74) is 0.499. The van der Waals surface area contributed by atoms with E-state index < -0.39 is 5.97 Å². The van der Waals surface area contributed by atoms with Crippen molar-refractivity contribution in [1.82, 2.24) is 4.98 Å². The third-order valence-corrected chi connectivity index (χ3v) is 2.46. The van der Waals surface area contributed by atoms with Gasteiger partial charge in [-0.3, -0.25) is 4.79 Å². The number of anilines is 1. The molecule has 0 aliphatic rings. The molecule has 0 radical (unpaired) electrons. The highest BCUT2D eigenvalue weighted by Gasteiger charge is 2.09. The monoisotopic (exact) mass is 233 g/mol. The minimum Gasteiger partial charge on any atom is -0.481 e. The van der Waals surface area contributed by atoms with E-state index in [1.165, 1.54) is 0 Å². The van der Waals surface area contributed by atoms with Crippen molar-refractivity contribution in [3.05, 3.63) is 23.9 Å². The Hall–Kier alpha value is -2.09. The molecular weight excluding hydrogens is 218 g/mol. The smallest absolute Gasteiger partial charge is 0.306 e. The van der Waals surface area contributed by atoms with Crippen LogP contribution in [0.2, 0.25) is 0 Å². The van der Waals surface area contributed by atoms with E-state index in [9.17, 15) is 4.79 Å². The largest absolute Gasteiger partial charge is 0.481 e. The molecule has 0 saturated carbocycles. The lowest BCUT2D eigenvalue weighted by atomic mass is 10.1. The number of pyridine rings is 1. The predicted molar refractivity (Wildman–Crippen MR) is 63.5 cm³/mol. The Morgan fingerprint density at radius 2 is 2.47 bits per heavy atom. The Morgan fingerprint density at radius 1 is 1.71 bits per heavy atom. The van der Waals surface area contributed by atoms with E-state index in [4.69, 9.17) is 10.4 Å². The number of carbonyl (C=O) groups is 1. The fourth-order valence-electron chi connectivity index (χ4n) is 1.37. The zero-order valence-corrected chi connectivity index (χ0v) is 9.68. The van der Waals surface area contributed by atoms with Crippen LogP contribution in [-0.2, 0) is 4.79 Å². The molecule has 1 rings (SSSR count). The third-order valence-electron chi connectivity index (χ3n) is 2.46. The lowest BCUT2D eigenvalue weighted by Gasteiger charge is -2.08. The van der Waals surface area contributed by atoms with Crippen molar-refractivity contribution in [1.29, 1.82) is 5.26 Å². The Kier molecular flexibility index (Phi) is 4.95. The first-order chi connectivity index (χ1) is 8.15. The van der Waals surface area contributed by atoms with E-state index in [1.54, 1.807) is 25.3 Å². The summed E-state index contributed by atoms with van der Waals surface area (Å²) < 4.78 is 0. The topological polar surface area (TPSA) is 86.0 Å². The molecule has 1 unspecified atom stereocenters.